The number of carbonyl (C=O) groups excluding carboxylic acids is 1. The first kappa shape index (κ1) is 15.6. The van der Waals surface area contributed by atoms with Crippen LogP contribution in [0.15, 0.2) is 18.2 Å². The Bertz CT molecular complexity index is 479. The van der Waals surface area contributed by atoms with Gasteiger partial charge < -0.3 is 10.4 Å². The second-order valence-corrected chi connectivity index (χ2v) is 6.08. The van der Waals surface area contributed by atoms with Crippen LogP contribution in [0.3, 0.4) is 0 Å². The number of carbonyl (C=O) groups is 1. The molecular formula is C15H19Cl2NO2. The second kappa shape index (κ2) is 7.30. The Morgan fingerprint density at radius 3 is 2.65 bits per heavy atom. The van der Waals surface area contributed by atoms with Crippen molar-refractivity contribution in [1.29, 1.82) is 0 Å². The van der Waals surface area contributed by atoms with Gasteiger partial charge in [-0.1, -0.05) is 42.1 Å². The van der Waals surface area contributed by atoms with Crippen molar-refractivity contribution >= 4 is 29.1 Å². The largest absolute Gasteiger partial charge is 0.396 e. The summed E-state index contributed by atoms with van der Waals surface area (Å²) >= 11 is 11.9. The van der Waals surface area contributed by atoms with Crippen LogP contribution in [0.2, 0.25) is 10.0 Å². The van der Waals surface area contributed by atoms with Gasteiger partial charge in [-0.25, -0.2) is 0 Å². The number of hydrogen-bond acceptors (Lipinski definition) is 2. The lowest BCUT2D eigenvalue weighted by Crippen LogP contribution is -2.35. The average Bonchev–Trinajstić information content (AvgIpc) is 2.48. The van der Waals surface area contributed by atoms with E-state index < -0.39 is 0 Å². The van der Waals surface area contributed by atoms with Crippen molar-refractivity contribution in [3.63, 3.8) is 0 Å². The van der Waals surface area contributed by atoms with Crippen LogP contribution >= 0.6 is 23.2 Å². The molecular weight excluding hydrogens is 297 g/mol. The Kier molecular flexibility index (Phi) is 5.70. The summed E-state index contributed by atoms with van der Waals surface area (Å²) in [6.45, 7) is 0.769. The minimum Gasteiger partial charge on any atom is -0.396 e. The number of aliphatic hydroxyl groups is 1. The number of hydrogen-bond donors (Lipinski definition) is 2. The number of amides is 1. The van der Waals surface area contributed by atoms with E-state index in [0.717, 1.165) is 25.7 Å². The fourth-order valence-corrected chi connectivity index (χ4v) is 3.18. The summed E-state index contributed by atoms with van der Waals surface area (Å²) in [4.78, 5) is 12.1. The molecule has 2 rings (SSSR count). The smallest absolute Gasteiger partial charge is 0.252 e. The number of rotatable bonds is 4. The first-order valence-electron chi connectivity index (χ1n) is 6.96. The SMILES string of the molecule is O=C(NCC1CCCCC1CO)c1cccc(Cl)c1Cl. The summed E-state index contributed by atoms with van der Waals surface area (Å²) in [7, 11) is 0. The summed E-state index contributed by atoms with van der Waals surface area (Å²) < 4.78 is 0. The highest BCUT2D eigenvalue weighted by atomic mass is 35.5. The molecule has 3 nitrogen and oxygen atoms in total. The van der Waals surface area contributed by atoms with Crippen LogP contribution in [-0.2, 0) is 0 Å². The Morgan fingerprint density at radius 2 is 1.95 bits per heavy atom. The lowest BCUT2D eigenvalue weighted by molar-refractivity contribution is 0.0909. The van der Waals surface area contributed by atoms with E-state index in [9.17, 15) is 9.90 Å². The monoisotopic (exact) mass is 315 g/mol. The minimum atomic E-state index is -0.209. The van der Waals surface area contributed by atoms with Crippen LogP contribution in [0.25, 0.3) is 0 Å². The first-order chi connectivity index (χ1) is 9.63. The second-order valence-electron chi connectivity index (χ2n) is 5.30. The van der Waals surface area contributed by atoms with Gasteiger partial charge in [0.2, 0.25) is 0 Å². The molecule has 1 aromatic rings. The van der Waals surface area contributed by atoms with E-state index in [1.165, 1.54) is 0 Å². The van der Waals surface area contributed by atoms with Crippen molar-refractivity contribution in [2.75, 3.05) is 13.2 Å². The number of nitrogens with one attached hydrogen (secondary N) is 1. The molecule has 0 aromatic heterocycles. The zero-order valence-corrected chi connectivity index (χ0v) is 12.8. The van der Waals surface area contributed by atoms with Crippen LogP contribution in [-0.4, -0.2) is 24.2 Å². The highest BCUT2D eigenvalue weighted by molar-refractivity contribution is 6.43. The summed E-state index contributed by atoms with van der Waals surface area (Å²) in [5.74, 6) is 0.425. The molecule has 0 bridgehead atoms. The number of halogens is 2. The van der Waals surface area contributed by atoms with Crippen molar-refractivity contribution in [1.82, 2.24) is 5.32 Å². The highest BCUT2D eigenvalue weighted by Gasteiger charge is 2.25. The normalized spacial score (nSPS) is 22.6. The Hall–Kier alpha value is -0.770. The molecule has 110 valence electrons. The van der Waals surface area contributed by atoms with Gasteiger partial charge in [0, 0.05) is 13.2 Å². The topological polar surface area (TPSA) is 49.3 Å². The first-order valence-corrected chi connectivity index (χ1v) is 7.72. The van der Waals surface area contributed by atoms with Crippen LogP contribution in [0.4, 0.5) is 0 Å². The molecule has 2 N–H and O–H groups in total. The van der Waals surface area contributed by atoms with E-state index in [2.05, 4.69) is 5.32 Å². The quantitative estimate of drug-likeness (QED) is 0.893. The summed E-state index contributed by atoms with van der Waals surface area (Å²) in [6.07, 6.45) is 4.41. The van der Waals surface area contributed by atoms with Gasteiger partial charge >= 0.3 is 0 Å². The fourth-order valence-electron chi connectivity index (χ4n) is 2.79. The van der Waals surface area contributed by atoms with Gasteiger partial charge in [-0.3, -0.25) is 4.79 Å². The number of benzene rings is 1. The maximum absolute atomic E-state index is 12.1. The molecule has 1 amide bonds. The van der Waals surface area contributed by atoms with Crippen LogP contribution in [0.5, 0.6) is 0 Å². The summed E-state index contributed by atoms with van der Waals surface area (Å²) in [5.41, 5.74) is 0.399. The third-order valence-corrected chi connectivity index (χ3v) is 4.84. The standard InChI is InChI=1S/C15H19Cl2NO2/c16-13-7-3-6-12(14(13)17)15(20)18-8-10-4-1-2-5-11(10)9-19/h3,6-7,10-11,19H,1-2,4-5,8-9H2,(H,18,20). The molecule has 0 heterocycles. The van der Waals surface area contributed by atoms with Gasteiger partial charge in [0.15, 0.2) is 0 Å². The van der Waals surface area contributed by atoms with E-state index in [4.69, 9.17) is 23.2 Å². The van der Waals surface area contributed by atoms with Crippen molar-refractivity contribution in [2.24, 2.45) is 11.8 Å². The molecule has 1 saturated carbocycles. The van der Waals surface area contributed by atoms with Gasteiger partial charge in [0.25, 0.3) is 5.91 Å². The lowest BCUT2D eigenvalue weighted by atomic mass is 9.79. The molecule has 1 aliphatic rings. The van der Waals surface area contributed by atoms with Crippen LogP contribution in [0.1, 0.15) is 36.0 Å². The molecule has 0 aliphatic heterocycles. The predicted molar refractivity (Wildman–Crippen MR) is 81.3 cm³/mol. The molecule has 5 heteroatoms. The third kappa shape index (κ3) is 3.66. The van der Waals surface area contributed by atoms with Gasteiger partial charge in [-0.2, -0.15) is 0 Å². The molecule has 0 radical (unpaired) electrons. The third-order valence-electron chi connectivity index (χ3n) is 4.02. The maximum Gasteiger partial charge on any atom is 0.252 e. The van der Waals surface area contributed by atoms with E-state index in [1.54, 1.807) is 18.2 Å². The van der Waals surface area contributed by atoms with Crippen molar-refractivity contribution in [3.05, 3.63) is 33.8 Å². The Morgan fingerprint density at radius 1 is 1.25 bits per heavy atom. The highest BCUT2D eigenvalue weighted by Crippen LogP contribution is 2.29. The van der Waals surface area contributed by atoms with Crippen molar-refractivity contribution in [2.45, 2.75) is 25.7 Å². The molecule has 0 spiro atoms. The van der Waals surface area contributed by atoms with Gasteiger partial charge in [0.05, 0.1) is 15.6 Å². The summed E-state index contributed by atoms with van der Waals surface area (Å²) in [6, 6.07) is 5.03. The van der Waals surface area contributed by atoms with E-state index in [0.29, 0.717) is 29.0 Å². The molecule has 2 unspecified atom stereocenters. The van der Waals surface area contributed by atoms with Crippen LogP contribution in [0, 0.1) is 11.8 Å². The minimum absolute atomic E-state index is 0.193. The van der Waals surface area contributed by atoms with Gasteiger partial charge in [0.1, 0.15) is 0 Å². The molecule has 20 heavy (non-hydrogen) atoms. The molecule has 1 fully saturated rings. The van der Waals surface area contributed by atoms with Crippen molar-refractivity contribution < 1.29 is 9.90 Å². The molecule has 2 atom stereocenters. The van der Waals surface area contributed by atoms with Crippen LogP contribution < -0.4 is 5.32 Å². The lowest BCUT2D eigenvalue weighted by Gasteiger charge is -2.30. The number of aliphatic hydroxyl groups excluding tert-OH is 1. The van der Waals surface area contributed by atoms with E-state index >= 15 is 0 Å². The zero-order chi connectivity index (χ0) is 14.5. The molecule has 1 aliphatic carbocycles. The maximum atomic E-state index is 12.1. The average molecular weight is 316 g/mol. The zero-order valence-electron chi connectivity index (χ0n) is 11.2. The Labute approximate surface area is 129 Å². The van der Waals surface area contributed by atoms with Gasteiger partial charge in [-0.05, 0) is 36.8 Å². The predicted octanol–water partition coefficient (Wildman–Crippen LogP) is 3.52. The van der Waals surface area contributed by atoms with E-state index in [-0.39, 0.29) is 17.5 Å². The summed E-state index contributed by atoms with van der Waals surface area (Å²) in [5, 5.41) is 12.9. The van der Waals surface area contributed by atoms with E-state index in [1.807, 2.05) is 0 Å². The van der Waals surface area contributed by atoms with Crippen molar-refractivity contribution in [3.8, 4) is 0 Å². The Balaban J connectivity index is 1.96. The molecule has 1 aromatic carbocycles. The fraction of sp³-hybridized carbons (Fsp3) is 0.533. The molecule has 0 saturated heterocycles. The van der Waals surface area contributed by atoms with Gasteiger partial charge in [-0.15, -0.1) is 0 Å².